The van der Waals surface area contributed by atoms with E-state index in [1.54, 1.807) is 23.0 Å². The molecule has 1 aliphatic heterocycles. The summed E-state index contributed by atoms with van der Waals surface area (Å²) in [6.07, 6.45) is -4.30. The van der Waals surface area contributed by atoms with Crippen molar-refractivity contribution >= 4 is 34.7 Å². The number of alkyl halides is 3. The average Bonchev–Trinajstić information content (AvgIpc) is 2.54. The zero-order valence-corrected chi connectivity index (χ0v) is 14.8. The molecule has 0 saturated carbocycles. The Hall–Kier alpha value is -1.03. The summed E-state index contributed by atoms with van der Waals surface area (Å²) in [6.45, 7) is 5.42. The number of hydrogen-bond donors (Lipinski definition) is 0. The molecule has 1 aliphatic rings. The molecule has 0 N–H and O–H groups in total. The number of rotatable bonds is 4. The zero-order valence-electron chi connectivity index (χ0n) is 12.6. The first kappa shape index (κ1) is 18.3. The van der Waals surface area contributed by atoms with Crippen LogP contribution in [0.25, 0.3) is 0 Å². The van der Waals surface area contributed by atoms with E-state index in [9.17, 15) is 18.0 Å². The van der Waals surface area contributed by atoms with Gasteiger partial charge in [-0.25, -0.2) is 0 Å². The molecule has 0 bridgehead atoms. The molecule has 1 unspecified atom stereocenters. The molecule has 23 heavy (non-hydrogen) atoms. The smallest absolute Gasteiger partial charge is 0.394 e. The fraction of sp³-hybridized carbons (Fsp3) is 0.533. The molecule has 0 aromatic heterocycles. The van der Waals surface area contributed by atoms with Crippen LogP contribution in [0.1, 0.15) is 12.5 Å². The number of benzene rings is 1. The minimum absolute atomic E-state index is 0.190. The van der Waals surface area contributed by atoms with E-state index >= 15 is 0 Å². The molecule has 128 valence electrons. The summed E-state index contributed by atoms with van der Waals surface area (Å²) in [5, 5.41) is 0. The summed E-state index contributed by atoms with van der Waals surface area (Å²) in [7, 11) is 0. The predicted octanol–water partition coefficient (Wildman–Crippen LogP) is 3.36. The number of carbonyl (C=O) groups is 1. The lowest BCUT2D eigenvalue weighted by Gasteiger charge is -2.36. The predicted molar refractivity (Wildman–Crippen MR) is 89.4 cm³/mol. The summed E-state index contributed by atoms with van der Waals surface area (Å²) in [6, 6.07) is 5.24. The second-order valence-electron chi connectivity index (χ2n) is 5.63. The van der Waals surface area contributed by atoms with Crippen molar-refractivity contribution in [2.45, 2.75) is 13.1 Å². The van der Waals surface area contributed by atoms with Crippen LogP contribution in [0, 0.1) is 5.92 Å². The largest absolute Gasteiger partial charge is 0.416 e. The third-order valence-corrected chi connectivity index (χ3v) is 4.38. The molecule has 1 fully saturated rings. The second-order valence-corrected chi connectivity index (χ2v) is 6.07. The molecule has 2 rings (SSSR count). The number of halogens is 4. The van der Waals surface area contributed by atoms with E-state index in [0.29, 0.717) is 6.54 Å². The van der Waals surface area contributed by atoms with E-state index in [2.05, 4.69) is 12.9 Å². The maximum atomic E-state index is 12.6. The molecule has 8 heteroatoms. The lowest BCUT2D eigenvalue weighted by Crippen LogP contribution is -2.48. The van der Waals surface area contributed by atoms with E-state index < -0.39 is 11.7 Å². The van der Waals surface area contributed by atoms with Gasteiger partial charge in [0.1, 0.15) is 0 Å². The van der Waals surface area contributed by atoms with Gasteiger partial charge in [0.05, 0.1) is 11.5 Å². The van der Waals surface area contributed by atoms with E-state index in [0.717, 1.165) is 44.0 Å². The standard InChI is InChI=1S/C15H18F3IN2O2/c1-11(14(22)23-19)10-20-6-8-21(9-7-20)13-4-2-12(3-5-13)15(16,17)18/h2-5,11H,6-10H2,1H3. The molecule has 1 atom stereocenters. The Morgan fingerprint density at radius 3 is 2.26 bits per heavy atom. The number of hydrogen-bond acceptors (Lipinski definition) is 4. The molecule has 0 spiro atoms. The van der Waals surface area contributed by atoms with Gasteiger partial charge < -0.3 is 7.97 Å². The van der Waals surface area contributed by atoms with Gasteiger partial charge in [-0.05, 0) is 24.3 Å². The SMILES string of the molecule is CC(CN1CCN(c2ccc(C(F)(F)F)cc2)CC1)C(=O)OI. The summed E-state index contributed by atoms with van der Waals surface area (Å²) >= 11 is 1.59. The zero-order chi connectivity index (χ0) is 17.0. The normalized spacial score (nSPS) is 17.9. The molecule has 1 heterocycles. The van der Waals surface area contributed by atoms with Crippen molar-refractivity contribution in [2.24, 2.45) is 5.92 Å². The van der Waals surface area contributed by atoms with Gasteiger partial charge in [0.2, 0.25) is 0 Å². The average molecular weight is 442 g/mol. The molecule has 0 radical (unpaired) electrons. The molecule has 1 aromatic rings. The Bertz CT molecular complexity index is 529. The Kier molecular flexibility index (Phi) is 6.12. The lowest BCUT2D eigenvalue weighted by molar-refractivity contribution is -0.138. The summed E-state index contributed by atoms with van der Waals surface area (Å²) in [5.41, 5.74) is 0.156. The Morgan fingerprint density at radius 2 is 1.78 bits per heavy atom. The maximum absolute atomic E-state index is 12.6. The fourth-order valence-electron chi connectivity index (χ4n) is 2.59. The molecule has 0 amide bonds. The Balaban J connectivity index is 1.88. The minimum Gasteiger partial charge on any atom is -0.394 e. The van der Waals surface area contributed by atoms with E-state index in [1.165, 1.54) is 12.1 Å². The summed E-state index contributed by atoms with van der Waals surface area (Å²) in [5.74, 6) is -0.430. The van der Waals surface area contributed by atoms with Crippen LogP contribution in [0.5, 0.6) is 0 Å². The van der Waals surface area contributed by atoms with E-state index in [1.807, 2.05) is 6.92 Å². The van der Waals surface area contributed by atoms with Crippen molar-refractivity contribution in [3.63, 3.8) is 0 Å². The van der Waals surface area contributed by atoms with Gasteiger partial charge in [-0.15, -0.1) is 0 Å². The van der Waals surface area contributed by atoms with Gasteiger partial charge >= 0.3 is 12.1 Å². The third kappa shape index (κ3) is 4.97. The molecule has 0 aliphatic carbocycles. The molecule has 1 aromatic carbocycles. The highest BCUT2D eigenvalue weighted by molar-refractivity contribution is 14.1. The van der Waals surface area contributed by atoms with Crippen molar-refractivity contribution in [3.8, 4) is 0 Å². The van der Waals surface area contributed by atoms with Crippen LogP contribution < -0.4 is 4.90 Å². The van der Waals surface area contributed by atoms with Crippen molar-refractivity contribution in [2.75, 3.05) is 37.6 Å². The van der Waals surface area contributed by atoms with Gasteiger partial charge in [-0.2, -0.15) is 13.2 Å². The van der Waals surface area contributed by atoms with Crippen LogP contribution in [-0.2, 0) is 14.0 Å². The first-order chi connectivity index (χ1) is 10.8. The van der Waals surface area contributed by atoms with Crippen molar-refractivity contribution in [1.29, 1.82) is 0 Å². The van der Waals surface area contributed by atoms with Gasteiger partial charge in [-0.1, -0.05) is 6.92 Å². The van der Waals surface area contributed by atoms with Gasteiger partial charge in [0.25, 0.3) is 0 Å². The van der Waals surface area contributed by atoms with Gasteiger partial charge in [-0.3, -0.25) is 9.69 Å². The minimum atomic E-state index is -4.30. The number of piperazine rings is 1. The first-order valence-electron chi connectivity index (χ1n) is 7.28. The van der Waals surface area contributed by atoms with E-state index in [4.69, 9.17) is 0 Å². The van der Waals surface area contributed by atoms with Crippen LogP contribution in [-0.4, -0.2) is 43.6 Å². The lowest BCUT2D eigenvalue weighted by atomic mass is 10.1. The topological polar surface area (TPSA) is 32.8 Å². The van der Waals surface area contributed by atoms with Gasteiger partial charge in [0, 0.05) is 38.4 Å². The highest BCUT2D eigenvalue weighted by atomic mass is 127. The Labute approximate surface area is 147 Å². The van der Waals surface area contributed by atoms with Crippen LogP contribution in [0.2, 0.25) is 0 Å². The first-order valence-corrected chi connectivity index (χ1v) is 8.16. The highest BCUT2D eigenvalue weighted by Crippen LogP contribution is 2.30. The number of nitrogens with zero attached hydrogens (tertiary/aromatic N) is 2. The molecular formula is C15H18F3IN2O2. The number of carbonyl (C=O) groups excluding carboxylic acids is 1. The van der Waals surface area contributed by atoms with E-state index in [-0.39, 0.29) is 11.9 Å². The third-order valence-electron chi connectivity index (χ3n) is 3.94. The molecular weight excluding hydrogens is 424 g/mol. The molecule has 4 nitrogen and oxygen atoms in total. The summed E-state index contributed by atoms with van der Waals surface area (Å²) < 4.78 is 42.4. The van der Waals surface area contributed by atoms with Crippen molar-refractivity contribution in [3.05, 3.63) is 29.8 Å². The van der Waals surface area contributed by atoms with Gasteiger partial charge in [0.15, 0.2) is 23.0 Å². The van der Waals surface area contributed by atoms with Crippen LogP contribution in [0.15, 0.2) is 24.3 Å². The van der Waals surface area contributed by atoms with Crippen LogP contribution >= 0.6 is 23.0 Å². The number of anilines is 1. The Morgan fingerprint density at radius 1 is 1.22 bits per heavy atom. The maximum Gasteiger partial charge on any atom is 0.416 e. The second kappa shape index (κ2) is 7.69. The van der Waals surface area contributed by atoms with Crippen molar-refractivity contribution in [1.82, 2.24) is 4.90 Å². The highest BCUT2D eigenvalue weighted by Gasteiger charge is 2.30. The van der Waals surface area contributed by atoms with Crippen molar-refractivity contribution < 1.29 is 21.0 Å². The fourth-order valence-corrected chi connectivity index (χ4v) is 3.02. The van der Waals surface area contributed by atoms with Crippen LogP contribution in [0.4, 0.5) is 18.9 Å². The summed E-state index contributed by atoms with van der Waals surface area (Å²) in [4.78, 5) is 15.6. The quantitative estimate of drug-likeness (QED) is 0.670. The monoisotopic (exact) mass is 442 g/mol. The van der Waals surface area contributed by atoms with Crippen LogP contribution in [0.3, 0.4) is 0 Å². The molecule has 1 saturated heterocycles.